The second-order valence-corrected chi connectivity index (χ2v) is 4.77. The predicted octanol–water partition coefficient (Wildman–Crippen LogP) is 2.40. The number of nitrogens with zero attached hydrogens (tertiary/aromatic N) is 1. The first kappa shape index (κ1) is 13.2. The van der Waals surface area contributed by atoms with Crippen molar-refractivity contribution in [2.24, 2.45) is 5.73 Å². The van der Waals surface area contributed by atoms with Gasteiger partial charge >= 0.3 is 0 Å². The van der Waals surface area contributed by atoms with Gasteiger partial charge in [-0.3, -0.25) is 4.79 Å². The minimum Gasteiger partial charge on any atom is -0.324 e. The Morgan fingerprint density at radius 3 is 2.89 bits per heavy atom. The van der Waals surface area contributed by atoms with Crippen molar-refractivity contribution in [3.63, 3.8) is 0 Å². The fourth-order valence-corrected chi connectivity index (χ4v) is 2.23. The van der Waals surface area contributed by atoms with Crippen LogP contribution in [-0.4, -0.2) is 5.91 Å². The summed E-state index contributed by atoms with van der Waals surface area (Å²) in [5.41, 5.74) is 6.01. The van der Waals surface area contributed by atoms with Gasteiger partial charge in [-0.2, -0.15) is 5.26 Å². The van der Waals surface area contributed by atoms with E-state index in [2.05, 4.69) is 5.32 Å². The minimum absolute atomic E-state index is 0.123. The molecule has 6 heteroatoms. The number of amides is 1. The lowest BCUT2D eigenvalue weighted by molar-refractivity contribution is -0.117. The zero-order chi connectivity index (χ0) is 13.8. The summed E-state index contributed by atoms with van der Waals surface area (Å²) in [7, 11) is 0. The maximum absolute atomic E-state index is 13.1. The molecule has 96 valence electrons. The summed E-state index contributed by atoms with van der Waals surface area (Å²) < 4.78 is 13.1. The van der Waals surface area contributed by atoms with Crippen LogP contribution in [0.5, 0.6) is 0 Å². The van der Waals surface area contributed by atoms with Crippen LogP contribution in [0.4, 0.5) is 10.1 Å². The van der Waals surface area contributed by atoms with Crippen molar-refractivity contribution in [2.75, 3.05) is 5.32 Å². The van der Waals surface area contributed by atoms with E-state index in [0.29, 0.717) is 5.69 Å². The van der Waals surface area contributed by atoms with E-state index in [9.17, 15) is 9.18 Å². The molecule has 0 aliphatic heterocycles. The first-order valence-electron chi connectivity index (χ1n) is 5.41. The summed E-state index contributed by atoms with van der Waals surface area (Å²) in [6, 6.07) is 8.28. The molecule has 19 heavy (non-hydrogen) atoms. The van der Waals surface area contributed by atoms with Gasteiger partial charge in [-0.15, -0.1) is 11.3 Å². The van der Waals surface area contributed by atoms with Gasteiger partial charge in [0.1, 0.15) is 17.9 Å². The van der Waals surface area contributed by atoms with E-state index >= 15 is 0 Å². The number of nitrogens with two attached hydrogens (primary N) is 1. The maximum atomic E-state index is 13.1. The Balaban J connectivity index is 2.13. The molecule has 0 aliphatic carbocycles. The molecule has 0 aliphatic rings. The molecule has 1 amide bonds. The van der Waals surface area contributed by atoms with Gasteiger partial charge in [-0.25, -0.2) is 4.39 Å². The van der Waals surface area contributed by atoms with Crippen LogP contribution in [0.15, 0.2) is 35.7 Å². The van der Waals surface area contributed by atoms with Gasteiger partial charge in [0, 0.05) is 10.6 Å². The number of benzene rings is 1. The van der Waals surface area contributed by atoms with Crippen molar-refractivity contribution in [1.82, 2.24) is 0 Å². The Morgan fingerprint density at radius 2 is 2.26 bits per heavy atom. The highest BCUT2D eigenvalue weighted by Gasteiger charge is 2.17. The van der Waals surface area contributed by atoms with Crippen LogP contribution >= 0.6 is 11.3 Å². The van der Waals surface area contributed by atoms with Crippen LogP contribution < -0.4 is 11.1 Å². The third-order valence-electron chi connectivity index (χ3n) is 2.49. The molecule has 0 spiro atoms. The maximum Gasteiger partial charge on any atom is 0.246 e. The molecule has 1 atom stereocenters. The highest BCUT2D eigenvalue weighted by molar-refractivity contribution is 7.10. The predicted molar refractivity (Wildman–Crippen MR) is 71.0 cm³/mol. The highest BCUT2D eigenvalue weighted by atomic mass is 32.1. The lowest BCUT2D eigenvalue weighted by atomic mass is 10.2. The number of carbonyl (C=O) groups excluding carboxylic acids is 1. The summed E-state index contributed by atoms with van der Waals surface area (Å²) in [5.74, 6) is -1.03. The SMILES string of the molecule is N#Cc1cc(NC(=O)C(N)c2cccs2)ccc1F. The quantitative estimate of drug-likeness (QED) is 0.902. The van der Waals surface area contributed by atoms with Gasteiger partial charge in [0.15, 0.2) is 0 Å². The largest absolute Gasteiger partial charge is 0.324 e. The second-order valence-electron chi connectivity index (χ2n) is 3.79. The number of nitriles is 1. The van der Waals surface area contributed by atoms with Crippen molar-refractivity contribution in [2.45, 2.75) is 6.04 Å². The first-order chi connectivity index (χ1) is 9.11. The number of halogens is 1. The number of anilines is 1. The molecule has 0 saturated carbocycles. The Hall–Kier alpha value is -2.23. The molecule has 0 saturated heterocycles. The van der Waals surface area contributed by atoms with E-state index in [-0.39, 0.29) is 5.56 Å². The number of nitrogens with one attached hydrogen (secondary N) is 1. The molecule has 2 rings (SSSR count). The molecule has 2 aromatic rings. The smallest absolute Gasteiger partial charge is 0.246 e. The van der Waals surface area contributed by atoms with Crippen LogP contribution in [0, 0.1) is 17.1 Å². The summed E-state index contributed by atoms with van der Waals surface area (Å²) in [5, 5.41) is 13.1. The second kappa shape index (κ2) is 5.61. The summed E-state index contributed by atoms with van der Waals surface area (Å²) in [4.78, 5) is 12.6. The number of hydrogen-bond donors (Lipinski definition) is 2. The van der Waals surface area contributed by atoms with Crippen molar-refractivity contribution < 1.29 is 9.18 Å². The van der Waals surface area contributed by atoms with Crippen LogP contribution in [0.3, 0.4) is 0 Å². The van der Waals surface area contributed by atoms with Crippen molar-refractivity contribution in [3.8, 4) is 6.07 Å². The number of thiophene rings is 1. The van der Waals surface area contributed by atoms with Gasteiger partial charge in [0.05, 0.1) is 5.56 Å². The molecule has 1 aromatic carbocycles. The summed E-state index contributed by atoms with van der Waals surface area (Å²) in [6.07, 6.45) is 0. The van der Waals surface area contributed by atoms with E-state index in [1.807, 2.05) is 5.38 Å². The monoisotopic (exact) mass is 275 g/mol. The van der Waals surface area contributed by atoms with Crippen LogP contribution in [0.1, 0.15) is 16.5 Å². The fraction of sp³-hybridized carbons (Fsp3) is 0.0769. The molecule has 1 heterocycles. The zero-order valence-corrected chi connectivity index (χ0v) is 10.6. The molecule has 1 aromatic heterocycles. The van der Waals surface area contributed by atoms with Crippen molar-refractivity contribution in [1.29, 1.82) is 5.26 Å². The Kier molecular flexibility index (Phi) is 3.90. The summed E-state index contributed by atoms with van der Waals surface area (Å²) in [6.45, 7) is 0. The van der Waals surface area contributed by atoms with E-state index in [1.165, 1.54) is 23.5 Å². The lowest BCUT2D eigenvalue weighted by Gasteiger charge is -2.11. The van der Waals surface area contributed by atoms with Crippen LogP contribution in [-0.2, 0) is 4.79 Å². The van der Waals surface area contributed by atoms with E-state index in [0.717, 1.165) is 10.9 Å². The summed E-state index contributed by atoms with van der Waals surface area (Å²) >= 11 is 1.38. The van der Waals surface area contributed by atoms with Gasteiger partial charge in [0.2, 0.25) is 5.91 Å². The third kappa shape index (κ3) is 2.96. The lowest BCUT2D eigenvalue weighted by Crippen LogP contribution is -2.27. The molecule has 4 nitrogen and oxygen atoms in total. The standard InChI is InChI=1S/C13H10FN3OS/c14-10-4-3-9(6-8(10)7-15)17-13(18)12(16)11-2-1-5-19-11/h1-6,12H,16H2,(H,17,18). The fourth-order valence-electron chi connectivity index (χ4n) is 1.51. The average molecular weight is 275 g/mol. The van der Waals surface area contributed by atoms with Crippen molar-refractivity contribution in [3.05, 3.63) is 52.0 Å². The molecular weight excluding hydrogens is 265 g/mol. The molecular formula is C13H10FN3OS. The molecule has 0 fully saturated rings. The van der Waals surface area contributed by atoms with E-state index in [1.54, 1.807) is 18.2 Å². The first-order valence-corrected chi connectivity index (χ1v) is 6.29. The molecule has 0 bridgehead atoms. The average Bonchev–Trinajstić information content (AvgIpc) is 2.94. The van der Waals surface area contributed by atoms with Crippen molar-refractivity contribution >= 4 is 22.9 Å². The van der Waals surface area contributed by atoms with Gasteiger partial charge in [-0.05, 0) is 29.6 Å². The van der Waals surface area contributed by atoms with Gasteiger partial charge < -0.3 is 11.1 Å². The van der Waals surface area contributed by atoms with Gasteiger partial charge in [-0.1, -0.05) is 6.07 Å². The molecule has 0 radical (unpaired) electrons. The number of carbonyl (C=O) groups is 1. The highest BCUT2D eigenvalue weighted by Crippen LogP contribution is 2.19. The van der Waals surface area contributed by atoms with E-state index < -0.39 is 17.8 Å². The number of hydrogen-bond acceptors (Lipinski definition) is 4. The third-order valence-corrected chi connectivity index (χ3v) is 3.44. The van der Waals surface area contributed by atoms with Gasteiger partial charge in [0.25, 0.3) is 0 Å². The Labute approximate surface area is 113 Å². The molecule has 1 unspecified atom stereocenters. The topological polar surface area (TPSA) is 78.9 Å². The zero-order valence-electron chi connectivity index (χ0n) is 9.76. The normalized spacial score (nSPS) is 11.6. The van der Waals surface area contributed by atoms with Crippen LogP contribution in [0.2, 0.25) is 0 Å². The van der Waals surface area contributed by atoms with E-state index in [4.69, 9.17) is 11.0 Å². The minimum atomic E-state index is -0.782. The molecule has 3 N–H and O–H groups in total. The Bertz CT molecular complexity index is 634. The number of rotatable bonds is 3. The van der Waals surface area contributed by atoms with Crippen LogP contribution in [0.25, 0.3) is 0 Å². The Morgan fingerprint density at radius 1 is 1.47 bits per heavy atom.